The van der Waals surface area contributed by atoms with E-state index in [1.165, 1.54) is 31.4 Å². The summed E-state index contributed by atoms with van der Waals surface area (Å²) in [6.07, 6.45) is 6.08. The maximum absolute atomic E-state index is 13.0. The molecule has 0 radical (unpaired) electrons. The molecule has 1 aliphatic heterocycles. The molecule has 4 nitrogen and oxygen atoms in total. The Kier molecular flexibility index (Phi) is 6.07. The Morgan fingerprint density at radius 2 is 1.72 bits per heavy atom. The van der Waals surface area contributed by atoms with Crippen molar-refractivity contribution >= 4 is 5.91 Å². The first-order valence-electron chi connectivity index (χ1n) is 9.64. The Morgan fingerprint density at radius 3 is 2.32 bits per heavy atom. The molecule has 5 heteroatoms. The lowest BCUT2D eigenvalue weighted by Gasteiger charge is -2.50. The average molecular weight is 347 g/mol. The normalized spacial score (nSPS) is 21.8. The summed E-state index contributed by atoms with van der Waals surface area (Å²) in [7, 11) is 0. The van der Waals surface area contributed by atoms with E-state index in [-0.39, 0.29) is 17.3 Å². The molecule has 1 aliphatic carbocycles. The zero-order chi connectivity index (χ0) is 17.7. The van der Waals surface area contributed by atoms with Crippen molar-refractivity contribution in [2.24, 2.45) is 0 Å². The number of amides is 1. The van der Waals surface area contributed by atoms with Crippen molar-refractivity contribution in [2.75, 3.05) is 39.3 Å². The van der Waals surface area contributed by atoms with Crippen molar-refractivity contribution in [1.82, 2.24) is 15.1 Å². The Bertz CT molecular complexity index is 561. The van der Waals surface area contributed by atoms with Gasteiger partial charge in [-0.3, -0.25) is 9.69 Å². The van der Waals surface area contributed by atoms with Crippen LogP contribution in [0.1, 0.15) is 49.4 Å². The van der Waals surface area contributed by atoms with Crippen LogP contribution in [-0.2, 0) is 0 Å². The summed E-state index contributed by atoms with van der Waals surface area (Å²) in [6.45, 7) is 8.42. The lowest BCUT2D eigenvalue weighted by atomic mass is 9.79. The fourth-order valence-corrected chi connectivity index (χ4v) is 4.30. The number of rotatable bonds is 5. The third-order valence-corrected chi connectivity index (χ3v) is 5.96. The highest BCUT2D eigenvalue weighted by molar-refractivity contribution is 5.94. The number of nitrogens with one attached hydrogen (secondary N) is 1. The fraction of sp³-hybridized carbons (Fsp3) is 0.650. The van der Waals surface area contributed by atoms with Crippen LogP contribution in [0.15, 0.2) is 24.3 Å². The summed E-state index contributed by atoms with van der Waals surface area (Å²) in [5, 5.41) is 3.13. The molecular weight excluding hydrogens is 317 g/mol. The summed E-state index contributed by atoms with van der Waals surface area (Å²) in [5.74, 6) is -0.411. The molecular formula is C20H30FN3O. The van der Waals surface area contributed by atoms with Crippen LogP contribution in [0.2, 0.25) is 0 Å². The lowest BCUT2D eigenvalue weighted by Crippen LogP contribution is -2.61. The molecule has 1 saturated heterocycles. The number of likely N-dealkylation sites (N-methyl/N-ethyl adjacent to an activating group) is 1. The Labute approximate surface area is 150 Å². The van der Waals surface area contributed by atoms with Gasteiger partial charge in [0, 0.05) is 43.8 Å². The van der Waals surface area contributed by atoms with Crippen LogP contribution in [0.4, 0.5) is 4.39 Å². The number of piperazine rings is 1. The standard InChI is InChI=1S/C20H30FN3O/c1-2-23-12-14-24(15-13-23)20(10-4-3-5-11-20)16-22-19(25)17-6-8-18(21)9-7-17/h6-9H,2-5,10-16H2,1H3,(H,22,25). The molecule has 0 unspecified atom stereocenters. The van der Waals surface area contributed by atoms with Gasteiger partial charge < -0.3 is 10.2 Å². The molecule has 1 amide bonds. The largest absolute Gasteiger partial charge is 0.350 e. The van der Waals surface area contributed by atoms with Crippen molar-refractivity contribution in [1.29, 1.82) is 0 Å². The van der Waals surface area contributed by atoms with E-state index in [0.29, 0.717) is 12.1 Å². The number of carbonyl (C=O) groups excluding carboxylic acids is 1. The van der Waals surface area contributed by atoms with Gasteiger partial charge in [-0.25, -0.2) is 4.39 Å². The van der Waals surface area contributed by atoms with Crippen molar-refractivity contribution in [3.63, 3.8) is 0 Å². The second-order valence-electron chi connectivity index (χ2n) is 7.40. The van der Waals surface area contributed by atoms with Crippen molar-refractivity contribution in [3.05, 3.63) is 35.6 Å². The Morgan fingerprint density at radius 1 is 1.08 bits per heavy atom. The average Bonchev–Trinajstić information content (AvgIpc) is 2.67. The molecule has 0 spiro atoms. The molecule has 1 heterocycles. The molecule has 25 heavy (non-hydrogen) atoms. The second kappa shape index (κ2) is 8.28. The first-order chi connectivity index (χ1) is 12.1. The summed E-state index contributed by atoms with van der Waals surface area (Å²) in [4.78, 5) is 17.6. The van der Waals surface area contributed by atoms with Gasteiger partial charge in [-0.2, -0.15) is 0 Å². The number of benzene rings is 1. The highest BCUT2D eigenvalue weighted by atomic mass is 19.1. The van der Waals surface area contributed by atoms with Gasteiger partial charge in [0.2, 0.25) is 0 Å². The maximum Gasteiger partial charge on any atom is 0.251 e. The maximum atomic E-state index is 13.0. The van der Waals surface area contributed by atoms with Crippen molar-refractivity contribution in [2.45, 2.75) is 44.6 Å². The third kappa shape index (κ3) is 4.39. The van der Waals surface area contributed by atoms with Crippen LogP contribution >= 0.6 is 0 Å². The van der Waals surface area contributed by atoms with Crippen LogP contribution in [0.25, 0.3) is 0 Å². The summed E-state index contributed by atoms with van der Waals surface area (Å²) < 4.78 is 13.0. The number of carbonyl (C=O) groups is 1. The van der Waals surface area contributed by atoms with E-state index < -0.39 is 0 Å². The van der Waals surface area contributed by atoms with E-state index in [2.05, 4.69) is 22.0 Å². The number of hydrogen-bond donors (Lipinski definition) is 1. The van der Waals surface area contributed by atoms with E-state index in [9.17, 15) is 9.18 Å². The van der Waals surface area contributed by atoms with E-state index >= 15 is 0 Å². The van der Waals surface area contributed by atoms with E-state index in [1.807, 2.05) is 0 Å². The van der Waals surface area contributed by atoms with E-state index in [1.54, 1.807) is 12.1 Å². The smallest absolute Gasteiger partial charge is 0.251 e. The van der Waals surface area contributed by atoms with Gasteiger partial charge in [0.15, 0.2) is 0 Å². The Balaban J connectivity index is 1.64. The van der Waals surface area contributed by atoms with Gasteiger partial charge in [-0.15, -0.1) is 0 Å². The summed E-state index contributed by atoms with van der Waals surface area (Å²) >= 11 is 0. The minimum atomic E-state index is -0.311. The van der Waals surface area contributed by atoms with Gasteiger partial charge in [-0.05, 0) is 43.7 Å². The minimum absolute atomic E-state index is 0.0910. The SMILES string of the molecule is CCN1CCN(C2(CNC(=O)c3ccc(F)cc3)CCCCC2)CC1. The zero-order valence-corrected chi connectivity index (χ0v) is 15.3. The predicted octanol–water partition coefficient (Wildman–Crippen LogP) is 2.90. The third-order valence-electron chi connectivity index (χ3n) is 5.96. The molecule has 1 aromatic rings. The van der Waals surface area contributed by atoms with Gasteiger partial charge in [0.25, 0.3) is 5.91 Å². The molecule has 1 saturated carbocycles. The first-order valence-corrected chi connectivity index (χ1v) is 9.64. The molecule has 1 aromatic carbocycles. The van der Waals surface area contributed by atoms with Gasteiger partial charge in [0.1, 0.15) is 5.82 Å². The van der Waals surface area contributed by atoms with Gasteiger partial charge in [0.05, 0.1) is 0 Å². The van der Waals surface area contributed by atoms with Crippen LogP contribution in [0.5, 0.6) is 0 Å². The van der Waals surface area contributed by atoms with Crippen LogP contribution in [0.3, 0.4) is 0 Å². The summed E-state index contributed by atoms with van der Waals surface area (Å²) in [5.41, 5.74) is 0.622. The van der Waals surface area contributed by atoms with Crippen LogP contribution in [-0.4, -0.2) is 60.5 Å². The molecule has 0 bridgehead atoms. The fourth-order valence-electron chi connectivity index (χ4n) is 4.30. The molecule has 0 aromatic heterocycles. The topological polar surface area (TPSA) is 35.6 Å². The Hall–Kier alpha value is -1.46. The molecule has 0 atom stereocenters. The second-order valence-corrected chi connectivity index (χ2v) is 7.40. The minimum Gasteiger partial charge on any atom is -0.350 e. The highest BCUT2D eigenvalue weighted by Gasteiger charge is 2.39. The number of hydrogen-bond acceptors (Lipinski definition) is 3. The molecule has 1 N–H and O–H groups in total. The van der Waals surface area contributed by atoms with Gasteiger partial charge >= 0.3 is 0 Å². The number of nitrogens with zero attached hydrogens (tertiary/aromatic N) is 2. The van der Waals surface area contributed by atoms with E-state index in [0.717, 1.165) is 45.6 Å². The summed E-state index contributed by atoms with van der Waals surface area (Å²) in [6, 6.07) is 5.79. The highest BCUT2D eigenvalue weighted by Crippen LogP contribution is 2.34. The van der Waals surface area contributed by atoms with Gasteiger partial charge in [-0.1, -0.05) is 26.2 Å². The molecule has 2 fully saturated rings. The zero-order valence-electron chi connectivity index (χ0n) is 15.3. The van der Waals surface area contributed by atoms with Crippen molar-refractivity contribution < 1.29 is 9.18 Å². The monoisotopic (exact) mass is 347 g/mol. The van der Waals surface area contributed by atoms with Crippen LogP contribution in [0, 0.1) is 5.82 Å². The van der Waals surface area contributed by atoms with Crippen molar-refractivity contribution in [3.8, 4) is 0 Å². The van der Waals surface area contributed by atoms with Crippen LogP contribution < -0.4 is 5.32 Å². The molecule has 138 valence electrons. The quantitative estimate of drug-likeness (QED) is 0.890. The number of halogens is 1. The first kappa shape index (κ1) is 18.3. The molecule has 2 aliphatic rings. The lowest BCUT2D eigenvalue weighted by molar-refractivity contribution is 0.00924. The molecule has 3 rings (SSSR count). The predicted molar refractivity (Wildman–Crippen MR) is 98.2 cm³/mol. The van der Waals surface area contributed by atoms with E-state index in [4.69, 9.17) is 0 Å².